The highest BCUT2D eigenvalue weighted by atomic mass is 32.2. The predicted octanol–water partition coefficient (Wildman–Crippen LogP) is 3.22. The number of aromatic nitrogens is 2. The van der Waals surface area contributed by atoms with Crippen LogP contribution in [0.5, 0.6) is 5.75 Å². The van der Waals surface area contributed by atoms with E-state index in [9.17, 15) is 13.2 Å². The summed E-state index contributed by atoms with van der Waals surface area (Å²) in [6.45, 7) is 3.43. The van der Waals surface area contributed by atoms with E-state index >= 15 is 0 Å². The molecule has 0 aliphatic rings. The summed E-state index contributed by atoms with van der Waals surface area (Å²) in [5.74, 6) is -0.0749. The third-order valence-electron chi connectivity index (χ3n) is 3.84. The van der Waals surface area contributed by atoms with E-state index in [2.05, 4.69) is 20.2 Å². The lowest BCUT2D eigenvalue weighted by atomic mass is 10.1. The van der Waals surface area contributed by atoms with Crippen LogP contribution in [0.3, 0.4) is 0 Å². The number of amides is 1. The number of ether oxygens (including phenoxy) is 1. The molecule has 2 aromatic carbocycles. The van der Waals surface area contributed by atoms with Crippen molar-refractivity contribution in [3.05, 3.63) is 58.6 Å². The van der Waals surface area contributed by atoms with E-state index in [-0.39, 0.29) is 10.5 Å². The maximum Gasteiger partial charge on any atom is 0.262 e. The zero-order chi connectivity index (χ0) is 20.3. The molecule has 3 rings (SSSR count). The number of sulfonamides is 1. The first kappa shape index (κ1) is 19.8. The van der Waals surface area contributed by atoms with Gasteiger partial charge in [0.25, 0.3) is 15.9 Å². The van der Waals surface area contributed by atoms with Crippen LogP contribution < -0.4 is 14.8 Å². The number of carbonyl (C=O) groups is 1. The molecule has 0 radical (unpaired) electrons. The van der Waals surface area contributed by atoms with Gasteiger partial charge in [-0.05, 0) is 43.7 Å². The molecule has 0 saturated heterocycles. The van der Waals surface area contributed by atoms with Gasteiger partial charge >= 0.3 is 0 Å². The van der Waals surface area contributed by atoms with Crippen LogP contribution in [0.2, 0.25) is 0 Å². The fourth-order valence-electron chi connectivity index (χ4n) is 2.48. The molecule has 0 fully saturated rings. The molecule has 0 aliphatic carbocycles. The summed E-state index contributed by atoms with van der Waals surface area (Å²) in [4.78, 5) is 12.5. The highest BCUT2D eigenvalue weighted by Crippen LogP contribution is 2.27. The van der Waals surface area contributed by atoms with Crippen LogP contribution in [0.25, 0.3) is 0 Å². The minimum Gasteiger partial charge on any atom is -0.495 e. The van der Waals surface area contributed by atoms with Crippen molar-refractivity contribution < 1.29 is 17.9 Å². The number of aryl methyl sites for hydroxylation is 2. The van der Waals surface area contributed by atoms with Gasteiger partial charge in [0.05, 0.1) is 17.7 Å². The molecule has 0 spiro atoms. The quantitative estimate of drug-likeness (QED) is 0.636. The monoisotopic (exact) mass is 418 g/mol. The van der Waals surface area contributed by atoms with E-state index in [0.29, 0.717) is 27.1 Å². The van der Waals surface area contributed by atoms with Crippen LogP contribution in [-0.4, -0.2) is 31.6 Å². The Labute approximate surface area is 166 Å². The van der Waals surface area contributed by atoms with Gasteiger partial charge in [0, 0.05) is 5.56 Å². The average Bonchev–Trinajstić information content (AvgIpc) is 3.06. The van der Waals surface area contributed by atoms with Crippen LogP contribution in [0.4, 0.5) is 10.8 Å². The number of benzene rings is 2. The highest BCUT2D eigenvalue weighted by molar-refractivity contribution is 7.92. The molecular formula is C18H18N4O4S2. The lowest BCUT2D eigenvalue weighted by Gasteiger charge is -2.14. The van der Waals surface area contributed by atoms with Crippen molar-refractivity contribution in [2.24, 2.45) is 0 Å². The number of hydrogen-bond acceptors (Lipinski definition) is 7. The van der Waals surface area contributed by atoms with E-state index in [0.717, 1.165) is 0 Å². The van der Waals surface area contributed by atoms with Gasteiger partial charge in [-0.25, -0.2) is 8.42 Å². The number of carbonyl (C=O) groups excluding carboxylic acids is 1. The second-order valence-electron chi connectivity index (χ2n) is 5.87. The Morgan fingerprint density at radius 1 is 1.11 bits per heavy atom. The summed E-state index contributed by atoms with van der Waals surface area (Å²) in [5, 5.41) is 11.3. The molecule has 0 atom stereocenters. The summed E-state index contributed by atoms with van der Waals surface area (Å²) in [7, 11) is -2.48. The molecule has 1 amide bonds. The van der Waals surface area contributed by atoms with Crippen molar-refractivity contribution in [2.75, 3.05) is 17.1 Å². The summed E-state index contributed by atoms with van der Waals surface area (Å²) < 4.78 is 33.5. The van der Waals surface area contributed by atoms with Gasteiger partial charge < -0.3 is 4.74 Å². The van der Waals surface area contributed by atoms with Gasteiger partial charge in [-0.1, -0.05) is 29.5 Å². The van der Waals surface area contributed by atoms with Crippen molar-refractivity contribution >= 4 is 38.1 Å². The van der Waals surface area contributed by atoms with Gasteiger partial charge in [-0.3, -0.25) is 14.8 Å². The van der Waals surface area contributed by atoms with Crippen molar-refractivity contribution in [3.8, 4) is 5.75 Å². The van der Waals surface area contributed by atoms with E-state index in [1.54, 1.807) is 50.2 Å². The summed E-state index contributed by atoms with van der Waals surface area (Å²) in [6, 6.07) is 11.1. The molecule has 0 unspecified atom stereocenters. The van der Waals surface area contributed by atoms with Crippen LogP contribution >= 0.6 is 11.3 Å². The fourth-order valence-corrected chi connectivity index (χ4v) is 4.40. The minimum absolute atomic E-state index is 0.000463. The predicted molar refractivity (Wildman–Crippen MR) is 108 cm³/mol. The maximum absolute atomic E-state index is 12.9. The molecule has 146 valence electrons. The van der Waals surface area contributed by atoms with Crippen LogP contribution in [-0.2, 0) is 10.0 Å². The molecule has 0 bridgehead atoms. The molecule has 1 aromatic heterocycles. The molecule has 1 heterocycles. The number of para-hydroxylation sites is 2. The second kappa shape index (κ2) is 7.95. The van der Waals surface area contributed by atoms with Gasteiger partial charge in [0.1, 0.15) is 10.8 Å². The van der Waals surface area contributed by atoms with Crippen LogP contribution in [0.1, 0.15) is 20.9 Å². The Hall–Kier alpha value is -2.98. The molecule has 28 heavy (non-hydrogen) atoms. The smallest absolute Gasteiger partial charge is 0.262 e. The van der Waals surface area contributed by atoms with Crippen molar-refractivity contribution in [1.82, 2.24) is 10.2 Å². The van der Waals surface area contributed by atoms with Crippen molar-refractivity contribution in [2.45, 2.75) is 18.7 Å². The topological polar surface area (TPSA) is 110 Å². The second-order valence-corrected chi connectivity index (χ2v) is 8.70. The molecule has 3 aromatic rings. The third-order valence-corrected chi connectivity index (χ3v) is 6.10. The minimum atomic E-state index is -3.94. The van der Waals surface area contributed by atoms with Gasteiger partial charge in [-0.15, -0.1) is 10.2 Å². The first-order valence-electron chi connectivity index (χ1n) is 8.18. The summed E-state index contributed by atoms with van der Waals surface area (Å²) >= 11 is 1.23. The number of hydrogen-bond donors (Lipinski definition) is 2. The molecule has 0 saturated carbocycles. The number of nitrogens with one attached hydrogen (secondary N) is 2. The van der Waals surface area contributed by atoms with Gasteiger partial charge in [0.2, 0.25) is 5.13 Å². The Bertz CT molecular complexity index is 1130. The number of methoxy groups -OCH3 is 1. The fraction of sp³-hybridized carbons (Fsp3) is 0.167. The Morgan fingerprint density at radius 3 is 2.54 bits per heavy atom. The number of nitrogens with zero attached hydrogens (tertiary/aromatic N) is 2. The standard InChI is InChI=1S/C18H18N4O4S2/c1-11-8-9-13(17(23)19-18-21-20-12(2)27-18)10-16(11)28(24,25)22-14-6-4-5-7-15(14)26-3/h4-10,22H,1-3H3,(H,19,21,23). The normalized spacial score (nSPS) is 11.1. The zero-order valence-corrected chi connectivity index (χ0v) is 17.0. The van der Waals surface area contributed by atoms with Crippen molar-refractivity contribution in [1.29, 1.82) is 0 Å². The van der Waals surface area contributed by atoms with Gasteiger partial charge in [0.15, 0.2) is 0 Å². The average molecular weight is 419 g/mol. The Balaban J connectivity index is 1.90. The summed E-state index contributed by atoms with van der Waals surface area (Å²) in [5.41, 5.74) is 1.01. The Morgan fingerprint density at radius 2 is 1.86 bits per heavy atom. The lowest BCUT2D eigenvalue weighted by Crippen LogP contribution is -2.17. The Kier molecular flexibility index (Phi) is 5.61. The lowest BCUT2D eigenvalue weighted by molar-refractivity contribution is 0.102. The highest BCUT2D eigenvalue weighted by Gasteiger charge is 2.21. The van der Waals surface area contributed by atoms with Crippen LogP contribution in [0.15, 0.2) is 47.4 Å². The van der Waals surface area contributed by atoms with E-state index < -0.39 is 15.9 Å². The third kappa shape index (κ3) is 4.29. The molecule has 8 nitrogen and oxygen atoms in total. The zero-order valence-electron chi connectivity index (χ0n) is 15.4. The molecule has 2 N–H and O–H groups in total. The van der Waals surface area contributed by atoms with Gasteiger partial charge in [-0.2, -0.15) is 0 Å². The summed E-state index contributed by atoms with van der Waals surface area (Å²) in [6.07, 6.45) is 0. The largest absolute Gasteiger partial charge is 0.495 e. The van der Waals surface area contributed by atoms with Crippen molar-refractivity contribution in [3.63, 3.8) is 0 Å². The molecule has 0 aliphatic heterocycles. The first-order chi connectivity index (χ1) is 13.3. The number of anilines is 2. The van der Waals surface area contributed by atoms with E-state index in [4.69, 9.17) is 4.74 Å². The SMILES string of the molecule is COc1ccccc1NS(=O)(=O)c1cc(C(=O)Nc2nnc(C)s2)ccc1C. The number of rotatable bonds is 6. The molecule has 10 heteroatoms. The van der Waals surface area contributed by atoms with E-state index in [1.165, 1.54) is 24.5 Å². The maximum atomic E-state index is 12.9. The van der Waals surface area contributed by atoms with E-state index in [1.807, 2.05) is 0 Å². The molecular weight excluding hydrogens is 400 g/mol. The first-order valence-corrected chi connectivity index (χ1v) is 10.5. The van der Waals surface area contributed by atoms with Crippen LogP contribution in [0, 0.1) is 13.8 Å².